The number of fused-ring (bicyclic) bond motifs is 1. The van der Waals surface area contributed by atoms with E-state index in [4.69, 9.17) is 19.7 Å². The van der Waals surface area contributed by atoms with E-state index < -0.39 is 0 Å². The SMILES string of the molecule is COC(C)(C)C1CCC(Nc2nc(NCC3CC3)nc(C)c2-c2nc3c(C)nccc3s2)C1. The number of methoxy groups -OCH3 is 1. The number of hydrogen-bond donors (Lipinski definition) is 2. The lowest BCUT2D eigenvalue weighted by molar-refractivity contribution is -0.0258. The van der Waals surface area contributed by atoms with E-state index in [1.165, 1.54) is 12.8 Å². The second-order valence-corrected chi connectivity index (χ2v) is 11.1. The third-order valence-electron chi connectivity index (χ3n) is 7.32. The maximum atomic E-state index is 5.78. The van der Waals surface area contributed by atoms with E-state index >= 15 is 0 Å². The van der Waals surface area contributed by atoms with Gasteiger partial charge in [-0.15, -0.1) is 11.3 Å². The van der Waals surface area contributed by atoms with Gasteiger partial charge in [0.05, 0.1) is 27.3 Å². The zero-order chi connectivity index (χ0) is 23.2. The highest BCUT2D eigenvalue weighted by Gasteiger charge is 2.36. The van der Waals surface area contributed by atoms with Gasteiger partial charge in [-0.25, -0.2) is 9.97 Å². The normalized spacial score (nSPS) is 21.0. The van der Waals surface area contributed by atoms with Gasteiger partial charge in [-0.1, -0.05) is 0 Å². The van der Waals surface area contributed by atoms with Crippen molar-refractivity contribution < 1.29 is 4.74 Å². The summed E-state index contributed by atoms with van der Waals surface area (Å²) in [5.74, 6) is 2.87. The fourth-order valence-electron chi connectivity index (χ4n) is 4.76. The Bertz CT molecular complexity index is 1160. The smallest absolute Gasteiger partial charge is 0.224 e. The van der Waals surface area contributed by atoms with Gasteiger partial charge in [-0.3, -0.25) is 4.98 Å². The molecule has 5 rings (SSSR count). The molecule has 2 unspecified atom stereocenters. The Balaban J connectivity index is 1.48. The van der Waals surface area contributed by atoms with Crippen molar-refractivity contribution >= 4 is 33.3 Å². The summed E-state index contributed by atoms with van der Waals surface area (Å²) in [6.07, 6.45) is 7.77. The van der Waals surface area contributed by atoms with Crippen LogP contribution in [0.15, 0.2) is 12.3 Å². The fraction of sp³-hybridized carbons (Fsp3) is 0.600. The third kappa shape index (κ3) is 4.68. The number of aryl methyl sites for hydroxylation is 2. The molecular formula is C25H34N6OS. The summed E-state index contributed by atoms with van der Waals surface area (Å²) in [5.41, 5.74) is 3.74. The Morgan fingerprint density at radius 3 is 2.64 bits per heavy atom. The van der Waals surface area contributed by atoms with Crippen LogP contribution >= 0.6 is 11.3 Å². The standard InChI is InChI=1S/C25H34N6OS/c1-14-20(23-30-21-15(2)26-11-10-19(21)33-23)22(31-24(28-14)27-13-16-6-7-16)29-18-9-8-17(12-18)25(3,4)32-5/h10-11,16-18H,6-9,12-13H2,1-5H3,(H2,27,28,29,31). The van der Waals surface area contributed by atoms with Crippen molar-refractivity contribution in [2.24, 2.45) is 11.8 Å². The Labute approximate surface area is 199 Å². The second kappa shape index (κ2) is 8.80. The molecule has 7 nitrogen and oxygen atoms in total. The Morgan fingerprint density at radius 2 is 1.91 bits per heavy atom. The minimum atomic E-state index is -0.116. The summed E-state index contributed by atoms with van der Waals surface area (Å²) in [6, 6.07) is 2.39. The molecule has 0 aromatic carbocycles. The van der Waals surface area contributed by atoms with E-state index in [2.05, 4.69) is 36.4 Å². The molecule has 0 amide bonds. The molecule has 8 heteroatoms. The van der Waals surface area contributed by atoms with Crippen LogP contribution in [0, 0.1) is 25.7 Å². The molecule has 3 aromatic heterocycles. The van der Waals surface area contributed by atoms with Crippen LogP contribution in [0.4, 0.5) is 11.8 Å². The van der Waals surface area contributed by atoms with Crippen molar-refractivity contribution in [1.29, 1.82) is 0 Å². The van der Waals surface area contributed by atoms with E-state index in [-0.39, 0.29) is 5.60 Å². The van der Waals surface area contributed by atoms with Crippen LogP contribution < -0.4 is 10.6 Å². The number of aromatic nitrogens is 4. The van der Waals surface area contributed by atoms with Gasteiger partial charge in [0.2, 0.25) is 5.95 Å². The summed E-state index contributed by atoms with van der Waals surface area (Å²) in [5, 5.41) is 8.19. The number of nitrogens with one attached hydrogen (secondary N) is 2. The van der Waals surface area contributed by atoms with E-state index in [0.717, 1.165) is 69.7 Å². The maximum absolute atomic E-state index is 5.78. The van der Waals surface area contributed by atoms with Gasteiger partial charge >= 0.3 is 0 Å². The van der Waals surface area contributed by atoms with E-state index in [9.17, 15) is 0 Å². The first-order valence-corrected chi connectivity index (χ1v) is 12.8. The van der Waals surface area contributed by atoms with Crippen LogP contribution in [0.5, 0.6) is 0 Å². The Kier molecular flexibility index (Phi) is 5.99. The summed E-state index contributed by atoms with van der Waals surface area (Å²) in [6.45, 7) is 9.40. The van der Waals surface area contributed by atoms with Crippen LogP contribution in [0.3, 0.4) is 0 Å². The first kappa shape index (κ1) is 22.5. The van der Waals surface area contributed by atoms with Crippen molar-refractivity contribution in [2.45, 2.75) is 71.4 Å². The van der Waals surface area contributed by atoms with Gasteiger partial charge in [-0.05, 0) is 77.7 Å². The van der Waals surface area contributed by atoms with Gasteiger partial charge in [0, 0.05) is 25.9 Å². The molecule has 0 spiro atoms. The van der Waals surface area contributed by atoms with Crippen molar-refractivity contribution in [2.75, 3.05) is 24.3 Å². The lowest BCUT2D eigenvalue weighted by Gasteiger charge is -2.30. The van der Waals surface area contributed by atoms with Gasteiger partial charge in [-0.2, -0.15) is 4.98 Å². The number of hydrogen-bond acceptors (Lipinski definition) is 8. The molecule has 3 aromatic rings. The van der Waals surface area contributed by atoms with Crippen LogP contribution in [-0.2, 0) is 4.74 Å². The lowest BCUT2D eigenvalue weighted by Crippen LogP contribution is -2.32. The van der Waals surface area contributed by atoms with Crippen molar-refractivity contribution in [3.63, 3.8) is 0 Å². The van der Waals surface area contributed by atoms with E-state index in [0.29, 0.717) is 17.9 Å². The molecule has 2 fully saturated rings. The summed E-state index contributed by atoms with van der Waals surface area (Å²) < 4.78 is 6.92. The highest BCUT2D eigenvalue weighted by Crippen LogP contribution is 2.40. The predicted octanol–water partition coefficient (Wildman–Crippen LogP) is 5.59. The number of anilines is 2. The topological polar surface area (TPSA) is 84.9 Å². The summed E-state index contributed by atoms with van der Waals surface area (Å²) >= 11 is 1.68. The molecule has 2 atom stereocenters. The maximum Gasteiger partial charge on any atom is 0.224 e. The molecule has 33 heavy (non-hydrogen) atoms. The van der Waals surface area contributed by atoms with E-state index in [1.807, 2.05) is 26.3 Å². The molecule has 2 N–H and O–H groups in total. The van der Waals surface area contributed by atoms with Gasteiger partial charge in [0.1, 0.15) is 16.3 Å². The van der Waals surface area contributed by atoms with Crippen LogP contribution in [0.2, 0.25) is 0 Å². The Hall–Kier alpha value is -2.32. The number of thiazole rings is 1. The first-order chi connectivity index (χ1) is 15.8. The van der Waals surface area contributed by atoms with Crippen molar-refractivity contribution in [3.05, 3.63) is 23.7 Å². The van der Waals surface area contributed by atoms with Gasteiger partial charge < -0.3 is 15.4 Å². The average Bonchev–Trinajstić information content (AvgIpc) is 3.31. The molecule has 0 radical (unpaired) electrons. The monoisotopic (exact) mass is 466 g/mol. The van der Waals surface area contributed by atoms with Crippen LogP contribution in [0.1, 0.15) is 57.3 Å². The highest BCUT2D eigenvalue weighted by molar-refractivity contribution is 7.21. The van der Waals surface area contributed by atoms with Crippen molar-refractivity contribution in [1.82, 2.24) is 19.9 Å². The molecule has 176 valence electrons. The zero-order valence-electron chi connectivity index (χ0n) is 20.2. The Morgan fingerprint density at radius 1 is 1.09 bits per heavy atom. The summed E-state index contributed by atoms with van der Waals surface area (Å²) in [4.78, 5) is 19.1. The molecule has 0 saturated heterocycles. The third-order valence-corrected chi connectivity index (χ3v) is 8.36. The molecule has 3 heterocycles. The first-order valence-electron chi connectivity index (χ1n) is 12.0. The molecule has 0 bridgehead atoms. The second-order valence-electron chi connectivity index (χ2n) is 10.1. The molecule has 2 aliphatic rings. The van der Waals surface area contributed by atoms with Crippen LogP contribution in [-0.4, -0.2) is 45.2 Å². The quantitative estimate of drug-likeness (QED) is 0.447. The number of pyridine rings is 1. The summed E-state index contributed by atoms with van der Waals surface area (Å²) in [7, 11) is 1.81. The molecular weight excluding hydrogens is 432 g/mol. The average molecular weight is 467 g/mol. The molecule has 2 aliphatic carbocycles. The predicted molar refractivity (Wildman–Crippen MR) is 135 cm³/mol. The lowest BCUT2D eigenvalue weighted by atomic mass is 9.89. The minimum absolute atomic E-state index is 0.116. The molecule has 2 saturated carbocycles. The van der Waals surface area contributed by atoms with Crippen LogP contribution in [0.25, 0.3) is 20.8 Å². The highest BCUT2D eigenvalue weighted by atomic mass is 32.1. The van der Waals surface area contributed by atoms with E-state index in [1.54, 1.807) is 11.3 Å². The number of nitrogens with zero attached hydrogens (tertiary/aromatic N) is 4. The van der Waals surface area contributed by atoms with Gasteiger partial charge in [0.25, 0.3) is 0 Å². The molecule has 0 aliphatic heterocycles. The minimum Gasteiger partial charge on any atom is -0.379 e. The fourth-order valence-corrected chi connectivity index (χ4v) is 5.87. The number of ether oxygens (including phenoxy) is 1. The number of rotatable bonds is 8. The zero-order valence-corrected chi connectivity index (χ0v) is 21.1. The largest absolute Gasteiger partial charge is 0.379 e. The van der Waals surface area contributed by atoms with Gasteiger partial charge in [0.15, 0.2) is 0 Å². The van der Waals surface area contributed by atoms with Crippen molar-refractivity contribution in [3.8, 4) is 10.6 Å².